The zero-order valence-electron chi connectivity index (χ0n) is 16.4. The molecule has 0 spiro atoms. The molecule has 0 atom stereocenters. The molecule has 0 aliphatic rings. The van der Waals surface area contributed by atoms with Crippen LogP contribution in [0.2, 0.25) is 0 Å². The van der Waals surface area contributed by atoms with E-state index in [9.17, 15) is 9.59 Å². The largest absolute Gasteiger partial charge is 0.331 e. The van der Waals surface area contributed by atoms with E-state index in [0.717, 1.165) is 20.2 Å². The van der Waals surface area contributed by atoms with Crippen LogP contribution in [0.5, 0.6) is 0 Å². The van der Waals surface area contributed by atoms with Crippen molar-refractivity contribution >= 4 is 33.3 Å². The molecular formula is C20H25N3O2S2. The molecule has 0 fully saturated rings. The van der Waals surface area contributed by atoms with E-state index in [2.05, 4.69) is 32.7 Å². The molecule has 144 valence electrons. The number of thioether (sulfide) groups is 1. The second-order valence-corrected chi connectivity index (χ2v) is 10.1. The van der Waals surface area contributed by atoms with Crippen molar-refractivity contribution in [2.75, 3.05) is 0 Å². The van der Waals surface area contributed by atoms with Gasteiger partial charge < -0.3 is 0 Å². The van der Waals surface area contributed by atoms with Gasteiger partial charge in [-0.2, -0.15) is 0 Å². The van der Waals surface area contributed by atoms with E-state index in [1.807, 2.05) is 18.3 Å². The molecule has 3 rings (SSSR count). The van der Waals surface area contributed by atoms with E-state index >= 15 is 0 Å². The molecule has 0 unspecified atom stereocenters. The number of hydrogen-bond acceptors (Lipinski definition) is 5. The number of rotatable bonds is 6. The Kier molecular flexibility index (Phi) is 5.91. The van der Waals surface area contributed by atoms with Gasteiger partial charge in [0.25, 0.3) is 5.56 Å². The standard InChI is InChI=1S/C20H25N3O2S2/c1-12(2)11-23-19-16(18(24)22(5)20(23)25)17(26-13(3)4)15(27-19)9-14-7-6-8-21-10-14/h6-8,10,12-13H,9,11H2,1-5H3. The van der Waals surface area contributed by atoms with Crippen molar-refractivity contribution in [1.82, 2.24) is 14.1 Å². The molecule has 0 saturated heterocycles. The van der Waals surface area contributed by atoms with Gasteiger partial charge in [-0.25, -0.2) is 4.79 Å². The van der Waals surface area contributed by atoms with Crippen molar-refractivity contribution in [2.24, 2.45) is 13.0 Å². The molecule has 0 bridgehead atoms. The van der Waals surface area contributed by atoms with E-state index in [-0.39, 0.29) is 11.2 Å². The van der Waals surface area contributed by atoms with Crippen molar-refractivity contribution < 1.29 is 0 Å². The molecule has 3 aromatic heterocycles. The third kappa shape index (κ3) is 4.04. The molecule has 3 aromatic rings. The number of hydrogen-bond donors (Lipinski definition) is 0. The first-order valence-corrected chi connectivity index (χ1v) is 10.8. The van der Waals surface area contributed by atoms with Gasteiger partial charge in [-0.05, 0) is 17.5 Å². The third-order valence-corrected chi connectivity index (χ3v) is 6.68. The first kappa shape index (κ1) is 19.9. The van der Waals surface area contributed by atoms with Crippen molar-refractivity contribution in [3.63, 3.8) is 0 Å². The molecular weight excluding hydrogens is 378 g/mol. The summed E-state index contributed by atoms with van der Waals surface area (Å²) in [7, 11) is 1.57. The Morgan fingerprint density at radius 3 is 2.56 bits per heavy atom. The van der Waals surface area contributed by atoms with Crippen LogP contribution in [0.25, 0.3) is 10.2 Å². The predicted molar refractivity (Wildman–Crippen MR) is 114 cm³/mol. The highest BCUT2D eigenvalue weighted by atomic mass is 32.2. The fraction of sp³-hybridized carbons (Fsp3) is 0.450. The van der Waals surface area contributed by atoms with E-state index in [4.69, 9.17) is 0 Å². The number of aromatic nitrogens is 3. The maximum absolute atomic E-state index is 13.0. The second-order valence-electron chi connectivity index (χ2n) is 7.39. The van der Waals surface area contributed by atoms with Crippen LogP contribution in [0.15, 0.2) is 39.0 Å². The smallest absolute Gasteiger partial charge is 0.284 e. The van der Waals surface area contributed by atoms with E-state index in [0.29, 0.717) is 29.5 Å². The Bertz CT molecular complexity index is 1060. The molecule has 3 heterocycles. The van der Waals surface area contributed by atoms with Crippen LogP contribution >= 0.6 is 23.1 Å². The summed E-state index contributed by atoms with van der Waals surface area (Å²) in [6.45, 7) is 9.00. The summed E-state index contributed by atoms with van der Waals surface area (Å²) in [6.07, 6.45) is 4.32. The Morgan fingerprint density at radius 1 is 1.22 bits per heavy atom. The number of nitrogens with zero attached hydrogens (tertiary/aromatic N) is 3. The summed E-state index contributed by atoms with van der Waals surface area (Å²) < 4.78 is 3.01. The van der Waals surface area contributed by atoms with Crippen LogP contribution in [0.4, 0.5) is 0 Å². The van der Waals surface area contributed by atoms with E-state index in [1.54, 1.807) is 40.9 Å². The van der Waals surface area contributed by atoms with E-state index < -0.39 is 0 Å². The fourth-order valence-electron chi connectivity index (χ4n) is 3.04. The predicted octanol–water partition coefficient (Wildman–Crippen LogP) is 3.90. The summed E-state index contributed by atoms with van der Waals surface area (Å²) in [5.74, 6) is 0.313. The van der Waals surface area contributed by atoms with Gasteiger partial charge in [0.15, 0.2) is 0 Å². The van der Waals surface area contributed by atoms with Crippen molar-refractivity contribution in [3.05, 3.63) is 55.8 Å². The average Bonchev–Trinajstić information content (AvgIpc) is 2.95. The molecule has 0 amide bonds. The van der Waals surface area contributed by atoms with Crippen molar-refractivity contribution in [2.45, 2.75) is 50.8 Å². The van der Waals surface area contributed by atoms with Crippen LogP contribution in [0.3, 0.4) is 0 Å². The minimum atomic E-state index is -0.239. The number of pyridine rings is 1. The number of fused-ring (bicyclic) bond motifs is 1. The molecule has 0 aliphatic carbocycles. The van der Waals surface area contributed by atoms with Crippen LogP contribution in [-0.4, -0.2) is 19.4 Å². The topological polar surface area (TPSA) is 56.9 Å². The summed E-state index contributed by atoms with van der Waals surface area (Å²) in [6, 6.07) is 3.96. The van der Waals surface area contributed by atoms with E-state index in [1.165, 1.54) is 4.57 Å². The highest BCUT2D eigenvalue weighted by molar-refractivity contribution is 8.00. The van der Waals surface area contributed by atoms with Crippen molar-refractivity contribution in [1.29, 1.82) is 0 Å². The Balaban J connectivity index is 2.30. The first-order valence-electron chi connectivity index (χ1n) is 9.10. The average molecular weight is 404 g/mol. The zero-order valence-corrected chi connectivity index (χ0v) is 18.0. The summed E-state index contributed by atoms with van der Waals surface area (Å²) in [4.78, 5) is 32.9. The molecule has 5 nitrogen and oxygen atoms in total. The Labute approximate surface area is 167 Å². The lowest BCUT2D eigenvalue weighted by Gasteiger charge is -2.12. The maximum atomic E-state index is 13.0. The SMILES string of the molecule is CC(C)Cn1c(=O)n(C)c(=O)c2c(SC(C)C)c(Cc3cccnc3)sc21. The lowest BCUT2D eigenvalue weighted by atomic mass is 10.2. The quantitative estimate of drug-likeness (QED) is 0.586. The van der Waals surface area contributed by atoms with Gasteiger partial charge in [0.05, 0.1) is 5.39 Å². The number of thiophene rings is 1. The minimum Gasteiger partial charge on any atom is -0.284 e. The maximum Gasteiger partial charge on any atom is 0.331 e. The third-order valence-electron chi connectivity index (χ3n) is 4.18. The zero-order chi connectivity index (χ0) is 19.7. The lowest BCUT2D eigenvalue weighted by Crippen LogP contribution is -2.38. The minimum absolute atomic E-state index is 0.202. The normalized spacial score (nSPS) is 11.8. The van der Waals surface area contributed by atoms with Gasteiger partial charge in [-0.1, -0.05) is 33.8 Å². The summed E-state index contributed by atoms with van der Waals surface area (Å²) in [5, 5.41) is 1.02. The van der Waals surface area contributed by atoms with Crippen LogP contribution in [-0.2, 0) is 20.0 Å². The Morgan fingerprint density at radius 2 is 1.96 bits per heavy atom. The molecule has 0 saturated carbocycles. The second kappa shape index (κ2) is 8.02. The van der Waals surface area contributed by atoms with Gasteiger partial charge in [0, 0.05) is 47.4 Å². The highest BCUT2D eigenvalue weighted by Crippen LogP contribution is 2.39. The van der Waals surface area contributed by atoms with Crippen LogP contribution in [0.1, 0.15) is 38.1 Å². The molecule has 0 N–H and O–H groups in total. The molecule has 0 aliphatic heterocycles. The van der Waals surface area contributed by atoms with Gasteiger partial charge in [-0.3, -0.25) is 18.9 Å². The molecule has 27 heavy (non-hydrogen) atoms. The molecule has 0 aromatic carbocycles. The van der Waals surface area contributed by atoms with Gasteiger partial charge in [-0.15, -0.1) is 23.1 Å². The Hall–Kier alpha value is -1.86. The van der Waals surface area contributed by atoms with Gasteiger partial charge in [0.2, 0.25) is 0 Å². The van der Waals surface area contributed by atoms with Gasteiger partial charge in [0.1, 0.15) is 4.83 Å². The highest BCUT2D eigenvalue weighted by Gasteiger charge is 2.22. The van der Waals surface area contributed by atoms with Gasteiger partial charge >= 0.3 is 5.69 Å². The van der Waals surface area contributed by atoms with Crippen LogP contribution in [0, 0.1) is 5.92 Å². The summed E-state index contributed by atoms with van der Waals surface area (Å²) >= 11 is 3.27. The summed E-state index contributed by atoms with van der Waals surface area (Å²) in [5.41, 5.74) is 0.660. The molecule has 0 radical (unpaired) electrons. The molecule has 7 heteroatoms. The fourth-order valence-corrected chi connectivity index (χ4v) is 5.57. The van der Waals surface area contributed by atoms with Crippen LogP contribution < -0.4 is 11.2 Å². The van der Waals surface area contributed by atoms with Crippen molar-refractivity contribution in [3.8, 4) is 0 Å². The lowest BCUT2D eigenvalue weighted by molar-refractivity contribution is 0.504. The monoisotopic (exact) mass is 403 g/mol. The first-order chi connectivity index (χ1) is 12.8.